The number of nitrogen functional groups attached to an aromatic ring is 1. The summed E-state index contributed by atoms with van der Waals surface area (Å²) in [6.45, 7) is 3.71. The second kappa shape index (κ2) is 5.47. The highest BCUT2D eigenvalue weighted by atomic mass is 19.2. The summed E-state index contributed by atoms with van der Waals surface area (Å²) in [4.78, 5) is 12.0. The van der Waals surface area contributed by atoms with Crippen molar-refractivity contribution in [2.24, 2.45) is 0 Å². The van der Waals surface area contributed by atoms with Gasteiger partial charge >= 0.3 is 0 Å². The summed E-state index contributed by atoms with van der Waals surface area (Å²) in [5, 5.41) is 8.61. The Labute approximate surface area is 118 Å². The number of carbonyl (C=O) groups is 1. The number of amides is 1. The molecule has 0 saturated carbocycles. The quantitative estimate of drug-likeness (QED) is 0.762. The van der Waals surface area contributed by atoms with Gasteiger partial charge in [0.15, 0.2) is 23.1 Å². The van der Waals surface area contributed by atoms with Gasteiger partial charge in [0.25, 0.3) is 5.91 Å². The van der Waals surface area contributed by atoms with Gasteiger partial charge in [-0.15, -0.1) is 0 Å². The molecule has 8 heteroatoms. The van der Waals surface area contributed by atoms with Gasteiger partial charge in [0.1, 0.15) is 0 Å². The summed E-state index contributed by atoms with van der Waals surface area (Å²) in [5.74, 6) is -5.12. The Balaban J connectivity index is 2.26. The number of carbonyl (C=O) groups excluding carboxylic acids is 1. The maximum atomic E-state index is 13.1. The number of benzene rings is 1. The fourth-order valence-electron chi connectivity index (χ4n) is 1.80. The molecule has 5 nitrogen and oxygen atoms in total. The second-order valence-corrected chi connectivity index (χ2v) is 4.76. The van der Waals surface area contributed by atoms with Crippen molar-refractivity contribution in [2.45, 2.75) is 19.8 Å². The molecule has 0 atom stereocenters. The van der Waals surface area contributed by atoms with Crippen molar-refractivity contribution >= 4 is 17.3 Å². The number of aromatic amines is 1. The number of H-pyrrole nitrogens is 1. The normalized spacial score (nSPS) is 11.0. The maximum Gasteiger partial charge on any atom is 0.278 e. The van der Waals surface area contributed by atoms with Crippen LogP contribution in [0.2, 0.25) is 0 Å². The summed E-state index contributed by atoms with van der Waals surface area (Å²) >= 11 is 0. The van der Waals surface area contributed by atoms with Crippen molar-refractivity contribution in [2.75, 3.05) is 11.1 Å². The van der Waals surface area contributed by atoms with E-state index in [4.69, 9.17) is 5.73 Å². The third-order valence-corrected chi connectivity index (χ3v) is 2.87. The highest BCUT2D eigenvalue weighted by Gasteiger charge is 2.20. The minimum absolute atomic E-state index is 0.0276. The molecule has 0 aliphatic carbocycles. The standard InChI is InChI=1S/C13H13F3N4O/c1-5(2)11-10(17)12(20-19-11)13(21)18-6-3-7(14)9(16)8(15)4-6/h3-5H,17H2,1-2H3,(H,18,21)(H,19,20). The van der Waals surface area contributed by atoms with Crippen LogP contribution < -0.4 is 11.1 Å². The van der Waals surface area contributed by atoms with Gasteiger partial charge in [0.2, 0.25) is 0 Å². The van der Waals surface area contributed by atoms with Crippen LogP contribution in [0.1, 0.15) is 35.9 Å². The van der Waals surface area contributed by atoms with Crippen LogP contribution >= 0.6 is 0 Å². The Morgan fingerprint density at radius 1 is 1.29 bits per heavy atom. The molecule has 0 bridgehead atoms. The number of hydrogen-bond donors (Lipinski definition) is 3. The van der Waals surface area contributed by atoms with Gasteiger partial charge in [-0.25, -0.2) is 13.2 Å². The van der Waals surface area contributed by atoms with Crippen molar-refractivity contribution in [3.8, 4) is 0 Å². The van der Waals surface area contributed by atoms with Crippen LogP contribution in [-0.2, 0) is 0 Å². The number of aromatic nitrogens is 2. The summed E-state index contributed by atoms with van der Waals surface area (Å²) in [7, 11) is 0. The zero-order valence-corrected chi connectivity index (χ0v) is 11.3. The Hall–Kier alpha value is -2.51. The van der Waals surface area contributed by atoms with Crippen LogP contribution in [0.3, 0.4) is 0 Å². The molecule has 4 N–H and O–H groups in total. The lowest BCUT2D eigenvalue weighted by atomic mass is 10.1. The number of nitrogens with zero attached hydrogens (tertiary/aromatic N) is 1. The highest BCUT2D eigenvalue weighted by molar-refractivity contribution is 6.06. The molecule has 0 radical (unpaired) electrons. The molecule has 0 saturated heterocycles. The molecule has 112 valence electrons. The monoisotopic (exact) mass is 298 g/mol. The van der Waals surface area contributed by atoms with Gasteiger partial charge in [-0.1, -0.05) is 13.8 Å². The van der Waals surface area contributed by atoms with Gasteiger partial charge in [0, 0.05) is 17.8 Å². The number of nitrogens with one attached hydrogen (secondary N) is 2. The SMILES string of the molecule is CC(C)c1[nH]nc(C(=O)Nc2cc(F)c(F)c(F)c2)c1N. The van der Waals surface area contributed by atoms with E-state index < -0.39 is 23.4 Å². The number of hydrogen-bond acceptors (Lipinski definition) is 3. The number of rotatable bonds is 3. The molecule has 0 aliphatic heterocycles. The van der Waals surface area contributed by atoms with Crippen LogP contribution in [0.4, 0.5) is 24.5 Å². The zero-order valence-electron chi connectivity index (χ0n) is 11.3. The average molecular weight is 298 g/mol. The van der Waals surface area contributed by atoms with Crippen molar-refractivity contribution in [3.05, 3.63) is 41.0 Å². The Morgan fingerprint density at radius 3 is 2.33 bits per heavy atom. The smallest absolute Gasteiger partial charge is 0.278 e. The third kappa shape index (κ3) is 2.83. The predicted octanol–water partition coefficient (Wildman–Crippen LogP) is 2.78. The van der Waals surface area contributed by atoms with E-state index in [2.05, 4.69) is 15.5 Å². The minimum Gasteiger partial charge on any atom is -0.395 e. The fraction of sp³-hybridized carbons (Fsp3) is 0.231. The first-order valence-corrected chi connectivity index (χ1v) is 6.11. The minimum atomic E-state index is -1.60. The van der Waals surface area contributed by atoms with Crippen molar-refractivity contribution in [1.82, 2.24) is 10.2 Å². The van der Waals surface area contributed by atoms with Gasteiger partial charge in [-0.05, 0) is 5.92 Å². The zero-order chi connectivity index (χ0) is 15.7. The number of halogens is 3. The van der Waals surface area contributed by atoms with E-state index in [9.17, 15) is 18.0 Å². The average Bonchev–Trinajstić information content (AvgIpc) is 2.77. The topological polar surface area (TPSA) is 83.8 Å². The molecule has 1 aromatic heterocycles. The molecule has 21 heavy (non-hydrogen) atoms. The Morgan fingerprint density at radius 2 is 1.86 bits per heavy atom. The molecule has 0 spiro atoms. The summed E-state index contributed by atoms with van der Waals surface area (Å²) in [6.07, 6.45) is 0. The van der Waals surface area contributed by atoms with Crippen molar-refractivity contribution in [3.63, 3.8) is 0 Å². The molecule has 2 rings (SSSR count). The van der Waals surface area contributed by atoms with Gasteiger partial charge in [-0.3, -0.25) is 9.89 Å². The predicted molar refractivity (Wildman–Crippen MR) is 71.4 cm³/mol. The molecule has 0 unspecified atom stereocenters. The Bertz CT molecular complexity index is 674. The van der Waals surface area contributed by atoms with Crippen LogP contribution in [0, 0.1) is 17.5 Å². The Kier molecular flexibility index (Phi) is 3.88. The van der Waals surface area contributed by atoms with Crippen LogP contribution in [0.15, 0.2) is 12.1 Å². The van der Waals surface area contributed by atoms with Gasteiger partial charge < -0.3 is 11.1 Å². The van der Waals surface area contributed by atoms with Crippen molar-refractivity contribution < 1.29 is 18.0 Å². The van der Waals surface area contributed by atoms with E-state index in [1.54, 1.807) is 0 Å². The molecule has 0 aliphatic rings. The van der Waals surface area contributed by atoms with E-state index in [-0.39, 0.29) is 23.0 Å². The van der Waals surface area contributed by atoms with E-state index in [1.165, 1.54) is 0 Å². The molecular formula is C13H13F3N4O. The largest absolute Gasteiger partial charge is 0.395 e. The first kappa shape index (κ1) is 14.9. The van der Waals surface area contributed by atoms with Gasteiger partial charge in [-0.2, -0.15) is 5.10 Å². The lowest BCUT2D eigenvalue weighted by Gasteiger charge is -2.06. The van der Waals surface area contributed by atoms with Crippen molar-refractivity contribution in [1.29, 1.82) is 0 Å². The molecular weight excluding hydrogens is 285 g/mol. The van der Waals surface area contributed by atoms with Gasteiger partial charge in [0.05, 0.1) is 11.4 Å². The lowest BCUT2D eigenvalue weighted by molar-refractivity contribution is 0.102. The second-order valence-electron chi connectivity index (χ2n) is 4.76. The first-order valence-electron chi connectivity index (χ1n) is 6.11. The number of anilines is 2. The molecule has 0 fully saturated rings. The van der Waals surface area contributed by atoms with E-state index >= 15 is 0 Å². The van der Waals surface area contributed by atoms with E-state index in [0.29, 0.717) is 17.8 Å². The van der Waals surface area contributed by atoms with Crippen LogP contribution in [0.25, 0.3) is 0 Å². The first-order chi connectivity index (χ1) is 9.81. The number of nitrogens with two attached hydrogens (primary N) is 1. The molecule has 1 amide bonds. The summed E-state index contributed by atoms with van der Waals surface area (Å²) in [5.41, 5.74) is 6.19. The fourth-order valence-corrected chi connectivity index (χ4v) is 1.80. The summed E-state index contributed by atoms with van der Waals surface area (Å²) < 4.78 is 39.0. The van der Waals surface area contributed by atoms with E-state index in [1.807, 2.05) is 13.8 Å². The van der Waals surface area contributed by atoms with Crippen LogP contribution in [0.5, 0.6) is 0 Å². The molecule has 1 aromatic carbocycles. The molecule has 1 heterocycles. The van der Waals surface area contributed by atoms with Crippen LogP contribution in [-0.4, -0.2) is 16.1 Å². The highest BCUT2D eigenvalue weighted by Crippen LogP contribution is 2.23. The molecule has 2 aromatic rings. The maximum absolute atomic E-state index is 13.1. The third-order valence-electron chi connectivity index (χ3n) is 2.87. The lowest BCUT2D eigenvalue weighted by Crippen LogP contribution is -2.15. The van der Waals surface area contributed by atoms with E-state index in [0.717, 1.165) is 0 Å². The summed E-state index contributed by atoms with van der Waals surface area (Å²) in [6, 6.07) is 1.34.